The van der Waals surface area contributed by atoms with Crippen LogP contribution in [0.5, 0.6) is 0 Å². The first-order valence-electron chi connectivity index (χ1n) is 5.01. The molecule has 2 heteroatoms. The number of fused-ring (bicyclic) bond motifs is 1. The molecule has 15 heavy (non-hydrogen) atoms. The highest BCUT2D eigenvalue weighted by Gasteiger charge is 2.08. The van der Waals surface area contributed by atoms with Crippen LogP contribution in [0.25, 0.3) is 10.8 Å². The van der Waals surface area contributed by atoms with Crippen LogP contribution in [0.2, 0.25) is 0 Å². The van der Waals surface area contributed by atoms with E-state index < -0.39 is 0 Å². The van der Waals surface area contributed by atoms with E-state index in [2.05, 4.69) is 60.0 Å². The normalized spacial score (nSPS) is 13.3. The molecule has 1 nitrogen and oxygen atoms in total. The molecule has 0 saturated carbocycles. The molecule has 0 heterocycles. The van der Waals surface area contributed by atoms with Gasteiger partial charge in [0.05, 0.1) is 5.37 Å². The minimum Gasteiger partial charge on any atom is -0.294 e. The summed E-state index contributed by atoms with van der Waals surface area (Å²) in [6.45, 7) is 0. The smallest absolute Gasteiger partial charge is 0.0780 e. The van der Waals surface area contributed by atoms with Crippen molar-refractivity contribution in [2.75, 3.05) is 14.1 Å². The third-order valence-electron chi connectivity index (χ3n) is 2.56. The van der Waals surface area contributed by atoms with Gasteiger partial charge in [-0.1, -0.05) is 36.4 Å². The van der Waals surface area contributed by atoms with Gasteiger partial charge in [0.25, 0.3) is 0 Å². The zero-order valence-corrected chi connectivity index (χ0v) is 9.91. The van der Waals surface area contributed by atoms with Gasteiger partial charge in [-0.25, -0.2) is 0 Å². The maximum absolute atomic E-state index is 4.57. The predicted octanol–water partition coefficient (Wildman–Crippen LogP) is 3.33. The van der Waals surface area contributed by atoms with Gasteiger partial charge in [-0.05, 0) is 36.5 Å². The summed E-state index contributed by atoms with van der Waals surface area (Å²) in [7, 11) is 4.07. The molecule has 2 aromatic carbocycles. The summed E-state index contributed by atoms with van der Waals surface area (Å²) >= 11 is 4.57. The Kier molecular flexibility index (Phi) is 2.98. The van der Waals surface area contributed by atoms with Crippen LogP contribution in [0.1, 0.15) is 10.9 Å². The summed E-state index contributed by atoms with van der Waals surface area (Å²) < 4.78 is 0. The van der Waals surface area contributed by atoms with Crippen LogP contribution in [-0.2, 0) is 0 Å². The molecule has 78 valence electrons. The fourth-order valence-corrected chi connectivity index (χ4v) is 1.83. The van der Waals surface area contributed by atoms with Crippen molar-refractivity contribution in [1.82, 2.24) is 4.90 Å². The Morgan fingerprint density at radius 3 is 2.33 bits per heavy atom. The molecule has 2 rings (SSSR count). The highest BCUT2D eigenvalue weighted by Crippen LogP contribution is 2.25. The van der Waals surface area contributed by atoms with Crippen LogP contribution < -0.4 is 0 Å². The molecule has 0 aliphatic heterocycles. The standard InChI is InChI=1S/C13H15NS/c1-14(2)13(15)12-8-7-10-5-3-4-6-11(10)9-12/h3-9,13,15H,1-2H3. The van der Waals surface area contributed by atoms with E-state index in [-0.39, 0.29) is 5.37 Å². The molecule has 0 aliphatic rings. The highest BCUT2D eigenvalue weighted by atomic mass is 32.1. The number of rotatable bonds is 2. The average Bonchev–Trinajstić information content (AvgIpc) is 2.27. The third kappa shape index (κ3) is 2.16. The summed E-state index contributed by atoms with van der Waals surface area (Å²) in [6.07, 6.45) is 0. The van der Waals surface area contributed by atoms with Crippen LogP contribution >= 0.6 is 12.6 Å². The van der Waals surface area contributed by atoms with Crippen LogP contribution in [-0.4, -0.2) is 19.0 Å². The van der Waals surface area contributed by atoms with Gasteiger partial charge < -0.3 is 0 Å². The molecule has 0 N–H and O–H groups in total. The van der Waals surface area contributed by atoms with Crippen LogP contribution in [0, 0.1) is 0 Å². The molecule has 0 bridgehead atoms. The van der Waals surface area contributed by atoms with Crippen LogP contribution in [0.3, 0.4) is 0 Å². The van der Waals surface area contributed by atoms with Crippen molar-refractivity contribution in [2.24, 2.45) is 0 Å². The minimum absolute atomic E-state index is 0.162. The second-order valence-corrected chi connectivity index (χ2v) is 4.43. The monoisotopic (exact) mass is 217 g/mol. The molecule has 1 atom stereocenters. The Hall–Kier alpha value is -0.990. The Morgan fingerprint density at radius 1 is 1.00 bits per heavy atom. The van der Waals surface area contributed by atoms with Gasteiger partial charge in [-0.3, -0.25) is 4.90 Å². The summed E-state index contributed by atoms with van der Waals surface area (Å²) in [5.41, 5.74) is 1.24. The van der Waals surface area contributed by atoms with Gasteiger partial charge in [0.2, 0.25) is 0 Å². The van der Waals surface area contributed by atoms with Gasteiger partial charge >= 0.3 is 0 Å². The van der Waals surface area contributed by atoms with Gasteiger partial charge in [0.1, 0.15) is 0 Å². The largest absolute Gasteiger partial charge is 0.294 e. The quantitative estimate of drug-likeness (QED) is 0.596. The SMILES string of the molecule is CN(C)C(S)c1ccc2ccccc2c1. The first-order valence-corrected chi connectivity index (χ1v) is 5.53. The number of thiol groups is 1. The summed E-state index contributed by atoms with van der Waals surface area (Å²) in [5.74, 6) is 0. The topological polar surface area (TPSA) is 3.24 Å². The van der Waals surface area contributed by atoms with Crippen molar-refractivity contribution in [2.45, 2.75) is 5.37 Å². The fourth-order valence-electron chi connectivity index (χ4n) is 1.67. The lowest BCUT2D eigenvalue weighted by Crippen LogP contribution is -2.14. The minimum atomic E-state index is 0.162. The fraction of sp³-hybridized carbons (Fsp3) is 0.231. The molecule has 0 aromatic heterocycles. The maximum atomic E-state index is 4.57. The number of hydrogen-bond donors (Lipinski definition) is 1. The Balaban J connectivity index is 2.47. The Bertz CT molecular complexity index is 465. The second-order valence-electron chi connectivity index (χ2n) is 3.94. The summed E-state index contributed by atoms with van der Waals surface area (Å²) in [6, 6.07) is 14.9. The number of hydrogen-bond acceptors (Lipinski definition) is 2. The van der Waals surface area contributed by atoms with E-state index in [1.165, 1.54) is 16.3 Å². The second kappa shape index (κ2) is 4.25. The van der Waals surface area contributed by atoms with E-state index in [1.54, 1.807) is 0 Å². The molecule has 0 radical (unpaired) electrons. The molecule has 0 fully saturated rings. The molecule has 0 spiro atoms. The lowest BCUT2D eigenvalue weighted by atomic mass is 10.1. The molecule has 0 saturated heterocycles. The van der Waals surface area contributed by atoms with Crippen molar-refractivity contribution in [3.63, 3.8) is 0 Å². The zero-order valence-electron chi connectivity index (χ0n) is 9.01. The molecule has 0 aliphatic carbocycles. The first kappa shape index (κ1) is 10.5. The van der Waals surface area contributed by atoms with Gasteiger partial charge in [-0.2, -0.15) is 12.6 Å². The van der Waals surface area contributed by atoms with E-state index in [1.807, 2.05) is 14.1 Å². The molecule has 1 unspecified atom stereocenters. The summed E-state index contributed by atoms with van der Waals surface area (Å²) in [5, 5.41) is 2.71. The molecular weight excluding hydrogens is 202 g/mol. The van der Waals surface area contributed by atoms with E-state index in [4.69, 9.17) is 0 Å². The summed E-state index contributed by atoms with van der Waals surface area (Å²) in [4.78, 5) is 2.09. The van der Waals surface area contributed by atoms with E-state index >= 15 is 0 Å². The highest BCUT2D eigenvalue weighted by molar-refractivity contribution is 7.80. The zero-order chi connectivity index (χ0) is 10.8. The first-order chi connectivity index (χ1) is 7.18. The van der Waals surface area contributed by atoms with Gasteiger partial charge in [-0.15, -0.1) is 0 Å². The van der Waals surface area contributed by atoms with Gasteiger partial charge in [0, 0.05) is 0 Å². The predicted molar refractivity (Wildman–Crippen MR) is 69.4 cm³/mol. The van der Waals surface area contributed by atoms with Crippen molar-refractivity contribution in [1.29, 1.82) is 0 Å². The third-order valence-corrected chi connectivity index (χ3v) is 3.32. The van der Waals surface area contributed by atoms with Crippen molar-refractivity contribution >= 4 is 23.4 Å². The van der Waals surface area contributed by atoms with E-state index in [0.29, 0.717) is 0 Å². The van der Waals surface area contributed by atoms with Crippen LogP contribution in [0.15, 0.2) is 42.5 Å². The molecule has 0 amide bonds. The molecule has 2 aromatic rings. The lowest BCUT2D eigenvalue weighted by molar-refractivity contribution is 0.394. The van der Waals surface area contributed by atoms with E-state index in [0.717, 1.165) is 0 Å². The number of nitrogens with zero attached hydrogens (tertiary/aromatic N) is 1. The maximum Gasteiger partial charge on any atom is 0.0780 e. The van der Waals surface area contributed by atoms with Crippen molar-refractivity contribution in [3.05, 3.63) is 48.0 Å². The Labute approximate surface area is 96.1 Å². The lowest BCUT2D eigenvalue weighted by Gasteiger charge is -2.19. The number of benzene rings is 2. The van der Waals surface area contributed by atoms with Crippen molar-refractivity contribution < 1.29 is 0 Å². The Morgan fingerprint density at radius 2 is 1.67 bits per heavy atom. The van der Waals surface area contributed by atoms with E-state index in [9.17, 15) is 0 Å². The van der Waals surface area contributed by atoms with Crippen molar-refractivity contribution in [3.8, 4) is 0 Å². The average molecular weight is 217 g/mol. The van der Waals surface area contributed by atoms with Gasteiger partial charge in [0.15, 0.2) is 0 Å². The molecular formula is C13H15NS. The van der Waals surface area contributed by atoms with Crippen LogP contribution in [0.4, 0.5) is 0 Å².